The summed E-state index contributed by atoms with van der Waals surface area (Å²) < 4.78 is 42.2. The van der Waals surface area contributed by atoms with E-state index in [0.717, 1.165) is 4.68 Å². The molecule has 1 aromatic heterocycles. The Kier molecular flexibility index (Phi) is 6.23. The number of fused-ring (bicyclic) bond motifs is 1. The van der Waals surface area contributed by atoms with E-state index in [-0.39, 0.29) is 29.1 Å². The van der Waals surface area contributed by atoms with Crippen LogP contribution in [0, 0.1) is 0 Å². The lowest BCUT2D eigenvalue weighted by atomic mass is 10.1. The lowest BCUT2D eigenvalue weighted by Gasteiger charge is -2.11. The molecule has 31 heavy (non-hydrogen) atoms. The molecule has 0 fully saturated rings. The number of ether oxygens (including phenoxy) is 1. The van der Waals surface area contributed by atoms with E-state index in [4.69, 9.17) is 0 Å². The number of aryl methyl sites for hydroxylation is 1. The number of benzene rings is 2. The average molecular weight is 434 g/mol. The van der Waals surface area contributed by atoms with E-state index in [1.165, 1.54) is 24.3 Å². The summed E-state index contributed by atoms with van der Waals surface area (Å²) >= 11 is 0. The predicted octanol–water partition coefficient (Wildman–Crippen LogP) is 2.43. The largest absolute Gasteiger partial charge is 0.484 e. The maximum absolute atomic E-state index is 12.6. The van der Waals surface area contributed by atoms with Gasteiger partial charge in [0.05, 0.1) is 5.39 Å². The molecule has 11 heteroatoms. The van der Waals surface area contributed by atoms with Crippen molar-refractivity contribution in [2.75, 3.05) is 6.61 Å². The van der Waals surface area contributed by atoms with Crippen molar-refractivity contribution < 1.29 is 27.5 Å². The number of hydrogen-bond acceptors (Lipinski definition) is 5. The van der Waals surface area contributed by atoms with E-state index in [0.29, 0.717) is 10.8 Å². The zero-order valence-electron chi connectivity index (χ0n) is 16.2. The molecule has 0 unspecified atom stereocenters. The van der Waals surface area contributed by atoms with Crippen LogP contribution >= 0.6 is 0 Å². The SMILES string of the molecule is CCn1nc(C(=O)NNC(=O)c2ccc(OCC(F)(F)F)cc2)c2ccccc2c1=O. The summed E-state index contributed by atoms with van der Waals surface area (Å²) in [5.74, 6) is -1.50. The van der Waals surface area contributed by atoms with Gasteiger partial charge in [0, 0.05) is 17.5 Å². The van der Waals surface area contributed by atoms with Crippen LogP contribution in [0.15, 0.2) is 53.3 Å². The minimum absolute atomic E-state index is 0.0479. The van der Waals surface area contributed by atoms with Gasteiger partial charge in [-0.15, -0.1) is 0 Å². The highest BCUT2D eigenvalue weighted by Crippen LogP contribution is 2.19. The number of carbonyl (C=O) groups excluding carboxylic acids is 2. The molecular weight excluding hydrogens is 417 g/mol. The van der Waals surface area contributed by atoms with Gasteiger partial charge in [0.2, 0.25) is 0 Å². The second-order valence-electron chi connectivity index (χ2n) is 6.35. The summed E-state index contributed by atoms with van der Waals surface area (Å²) in [5, 5.41) is 4.69. The number of rotatable bonds is 5. The number of halogens is 3. The third kappa shape index (κ3) is 5.18. The van der Waals surface area contributed by atoms with Crippen LogP contribution in [0.1, 0.15) is 27.8 Å². The summed E-state index contributed by atoms with van der Waals surface area (Å²) in [7, 11) is 0. The molecule has 8 nitrogen and oxygen atoms in total. The molecule has 0 spiro atoms. The van der Waals surface area contributed by atoms with Crippen molar-refractivity contribution in [3.63, 3.8) is 0 Å². The van der Waals surface area contributed by atoms with Crippen molar-refractivity contribution in [2.24, 2.45) is 0 Å². The van der Waals surface area contributed by atoms with E-state index in [2.05, 4.69) is 20.7 Å². The Hall–Kier alpha value is -3.89. The van der Waals surface area contributed by atoms with Gasteiger partial charge < -0.3 is 4.74 Å². The molecule has 1 heterocycles. The fraction of sp³-hybridized carbons (Fsp3) is 0.200. The first-order valence-electron chi connectivity index (χ1n) is 9.09. The van der Waals surface area contributed by atoms with Crippen LogP contribution in [0.3, 0.4) is 0 Å². The summed E-state index contributed by atoms with van der Waals surface area (Å²) in [6, 6.07) is 11.4. The number of hydrazine groups is 1. The number of hydrogen-bond donors (Lipinski definition) is 2. The molecule has 2 N–H and O–H groups in total. The lowest BCUT2D eigenvalue weighted by molar-refractivity contribution is -0.153. The average Bonchev–Trinajstić information content (AvgIpc) is 2.76. The van der Waals surface area contributed by atoms with E-state index >= 15 is 0 Å². The van der Waals surface area contributed by atoms with Crippen molar-refractivity contribution >= 4 is 22.6 Å². The fourth-order valence-electron chi connectivity index (χ4n) is 2.73. The number of alkyl halides is 3. The zero-order chi connectivity index (χ0) is 22.6. The van der Waals surface area contributed by atoms with Crippen LogP contribution < -0.4 is 21.1 Å². The highest BCUT2D eigenvalue weighted by atomic mass is 19.4. The quantitative estimate of drug-likeness (QED) is 0.601. The Morgan fingerprint density at radius 1 is 1.00 bits per heavy atom. The number of aromatic nitrogens is 2. The Morgan fingerprint density at radius 3 is 2.23 bits per heavy atom. The summed E-state index contributed by atoms with van der Waals surface area (Å²) in [6.45, 7) is 0.503. The lowest BCUT2D eigenvalue weighted by Crippen LogP contribution is -2.42. The molecule has 0 bridgehead atoms. The first-order chi connectivity index (χ1) is 14.7. The molecule has 0 aliphatic carbocycles. The van der Waals surface area contributed by atoms with Gasteiger partial charge in [0.1, 0.15) is 5.75 Å². The number of carbonyl (C=O) groups is 2. The number of amides is 2. The number of nitrogens with zero attached hydrogens (tertiary/aromatic N) is 2. The summed E-state index contributed by atoms with van der Waals surface area (Å²) in [4.78, 5) is 37.1. The molecule has 0 atom stereocenters. The maximum atomic E-state index is 12.6. The molecular formula is C20H17F3N4O4. The third-order valence-corrected chi connectivity index (χ3v) is 4.19. The van der Waals surface area contributed by atoms with Crippen molar-refractivity contribution in [3.8, 4) is 5.75 Å². The van der Waals surface area contributed by atoms with Gasteiger partial charge in [-0.25, -0.2) is 4.68 Å². The van der Waals surface area contributed by atoms with Crippen molar-refractivity contribution in [2.45, 2.75) is 19.6 Å². The monoisotopic (exact) mass is 434 g/mol. The Bertz CT molecular complexity index is 1170. The van der Waals surface area contributed by atoms with Gasteiger partial charge >= 0.3 is 6.18 Å². The first kappa shape index (κ1) is 21.8. The first-order valence-corrected chi connectivity index (χ1v) is 9.09. The smallest absolute Gasteiger partial charge is 0.422 e. The number of nitrogens with one attached hydrogen (secondary N) is 2. The Labute approximate surface area is 173 Å². The van der Waals surface area contributed by atoms with Crippen LogP contribution in [0.4, 0.5) is 13.2 Å². The topological polar surface area (TPSA) is 102 Å². The van der Waals surface area contributed by atoms with Crippen LogP contribution in [0.25, 0.3) is 10.8 Å². The molecule has 0 aliphatic rings. The highest BCUT2D eigenvalue weighted by Gasteiger charge is 2.28. The maximum Gasteiger partial charge on any atom is 0.422 e. The van der Waals surface area contributed by atoms with Crippen molar-refractivity contribution in [1.29, 1.82) is 0 Å². The minimum atomic E-state index is -4.47. The van der Waals surface area contributed by atoms with Crippen LogP contribution in [-0.2, 0) is 6.54 Å². The fourth-order valence-corrected chi connectivity index (χ4v) is 2.73. The van der Waals surface area contributed by atoms with E-state index in [1.807, 2.05) is 0 Å². The third-order valence-electron chi connectivity index (χ3n) is 4.19. The minimum Gasteiger partial charge on any atom is -0.484 e. The summed E-state index contributed by atoms with van der Waals surface area (Å²) in [6.07, 6.45) is -4.47. The van der Waals surface area contributed by atoms with Gasteiger partial charge in [-0.05, 0) is 37.3 Å². The van der Waals surface area contributed by atoms with E-state index in [1.54, 1.807) is 31.2 Å². The van der Waals surface area contributed by atoms with Crippen molar-refractivity contribution in [1.82, 2.24) is 20.6 Å². The molecule has 2 aromatic carbocycles. The van der Waals surface area contributed by atoms with Gasteiger partial charge in [-0.3, -0.25) is 25.2 Å². The van der Waals surface area contributed by atoms with E-state index < -0.39 is 24.6 Å². The van der Waals surface area contributed by atoms with Gasteiger partial charge in [-0.1, -0.05) is 18.2 Å². The van der Waals surface area contributed by atoms with Crippen LogP contribution in [-0.4, -0.2) is 34.4 Å². The highest BCUT2D eigenvalue weighted by molar-refractivity contribution is 6.06. The van der Waals surface area contributed by atoms with Gasteiger partial charge in [0.25, 0.3) is 17.4 Å². The second kappa shape index (κ2) is 8.86. The second-order valence-corrected chi connectivity index (χ2v) is 6.35. The van der Waals surface area contributed by atoms with Crippen LogP contribution in [0.5, 0.6) is 5.75 Å². The normalized spacial score (nSPS) is 11.2. The van der Waals surface area contributed by atoms with Crippen LogP contribution in [0.2, 0.25) is 0 Å². The predicted molar refractivity (Wildman–Crippen MR) is 105 cm³/mol. The molecule has 0 aliphatic heterocycles. The Balaban J connectivity index is 1.70. The van der Waals surface area contributed by atoms with Gasteiger partial charge in [-0.2, -0.15) is 18.3 Å². The molecule has 0 radical (unpaired) electrons. The Morgan fingerprint density at radius 2 is 1.61 bits per heavy atom. The zero-order valence-corrected chi connectivity index (χ0v) is 16.2. The molecule has 3 aromatic rings. The molecule has 3 rings (SSSR count). The van der Waals surface area contributed by atoms with E-state index in [9.17, 15) is 27.6 Å². The molecule has 0 saturated carbocycles. The molecule has 2 amide bonds. The summed E-state index contributed by atoms with van der Waals surface area (Å²) in [5.41, 5.74) is 4.12. The standard InChI is InChI=1S/C20H17F3N4O4/c1-2-27-19(30)15-6-4-3-5-14(15)16(26-27)18(29)25-24-17(28)12-7-9-13(10-8-12)31-11-20(21,22)23/h3-10H,2,11H2,1H3,(H,24,28)(H,25,29). The molecule has 162 valence electrons. The molecule has 0 saturated heterocycles. The van der Waals surface area contributed by atoms with Crippen molar-refractivity contribution in [3.05, 3.63) is 70.1 Å². The van der Waals surface area contributed by atoms with Gasteiger partial charge in [0.15, 0.2) is 12.3 Å².